The first-order valence-electron chi connectivity index (χ1n) is 6.49. The largest absolute Gasteiger partial charge is 0.469 e. The number of anilines is 1. The van der Waals surface area contributed by atoms with Crippen LogP contribution in [-0.4, -0.2) is 11.8 Å². The molecular weight excluding hydrogens is 256 g/mol. The minimum absolute atomic E-state index is 0.598. The molecule has 0 fully saturated rings. The highest BCUT2D eigenvalue weighted by Gasteiger charge is 2.19. The molecule has 0 saturated carbocycles. The van der Waals surface area contributed by atoms with E-state index in [1.807, 2.05) is 24.3 Å². The molecule has 1 aromatic carbocycles. The Balaban J connectivity index is 1.65. The van der Waals surface area contributed by atoms with Crippen molar-refractivity contribution in [3.05, 3.63) is 54.0 Å². The van der Waals surface area contributed by atoms with E-state index in [0.29, 0.717) is 5.69 Å². The molecule has 1 aromatic heterocycles. The fourth-order valence-corrected chi connectivity index (χ4v) is 2.20. The summed E-state index contributed by atoms with van der Waals surface area (Å²) < 4.78 is 5.35. The maximum atomic E-state index is 11.6. The molecule has 1 aliphatic rings. The summed E-state index contributed by atoms with van der Waals surface area (Å²) in [6, 6.07) is 11.0. The predicted octanol–water partition coefficient (Wildman–Crippen LogP) is 3.57. The van der Waals surface area contributed by atoms with Gasteiger partial charge < -0.3 is 4.42 Å². The minimum Gasteiger partial charge on any atom is -0.469 e. The van der Waals surface area contributed by atoms with E-state index in [1.165, 1.54) is 0 Å². The standard InChI is InChI=1S/C15H14N2O3/c18-15(16-11-5-2-1-3-6-11)20-17-13-7-4-8-14-12(13)9-10-19-14/h1-3,5-6,9-10H,4,7-8H2,(H,16,18)/b17-13-. The van der Waals surface area contributed by atoms with Gasteiger partial charge in [-0.1, -0.05) is 23.4 Å². The van der Waals surface area contributed by atoms with Gasteiger partial charge in [0, 0.05) is 17.7 Å². The van der Waals surface area contributed by atoms with Crippen molar-refractivity contribution in [2.75, 3.05) is 5.32 Å². The predicted molar refractivity (Wildman–Crippen MR) is 74.7 cm³/mol. The second-order valence-corrected chi connectivity index (χ2v) is 4.52. The molecule has 1 heterocycles. The van der Waals surface area contributed by atoms with E-state index in [9.17, 15) is 4.79 Å². The van der Waals surface area contributed by atoms with Crippen LogP contribution in [0.1, 0.15) is 24.2 Å². The number of furan rings is 1. The molecule has 0 aliphatic heterocycles. The molecule has 0 radical (unpaired) electrons. The number of nitrogens with one attached hydrogen (secondary N) is 1. The molecular formula is C15H14N2O3. The third-order valence-electron chi connectivity index (χ3n) is 3.13. The third kappa shape index (κ3) is 2.71. The van der Waals surface area contributed by atoms with E-state index < -0.39 is 6.09 Å². The molecule has 1 amide bonds. The quantitative estimate of drug-likeness (QED) is 0.670. The average molecular weight is 270 g/mol. The number of amides is 1. The maximum Gasteiger partial charge on any atom is 0.437 e. The Hall–Kier alpha value is -2.56. The Morgan fingerprint density at radius 3 is 2.90 bits per heavy atom. The summed E-state index contributed by atoms with van der Waals surface area (Å²) in [7, 11) is 0. The van der Waals surface area contributed by atoms with Crippen molar-refractivity contribution in [3.63, 3.8) is 0 Å². The minimum atomic E-state index is -0.598. The number of fused-ring (bicyclic) bond motifs is 1. The van der Waals surface area contributed by atoms with Gasteiger partial charge in [0.05, 0.1) is 12.0 Å². The van der Waals surface area contributed by atoms with Crippen molar-refractivity contribution in [2.45, 2.75) is 19.3 Å². The van der Waals surface area contributed by atoms with E-state index in [4.69, 9.17) is 9.25 Å². The highest BCUT2D eigenvalue weighted by molar-refractivity contribution is 6.02. The summed E-state index contributed by atoms with van der Waals surface area (Å²) in [4.78, 5) is 16.5. The Labute approximate surface area is 116 Å². The third-order valence-corrected chi connectivity index (χ3v) is 3.13. The van der Waals surface area contributed by atoms with Crippen molar-refractivity contribution in [3.8, 4) is 0 Å². The second kappa shape index (κ2) is 5.61. The van der Waals surface area contributed by atoms with Gasteiger partial charge in [-0.15, -0.1) is 0 Å². The zero-order chi connectivity index (χ0) is 13.8. The molecule has 102 valence electrons. The molecule has 0 saturated heterocycles. The van der Waals surface area contributed by atoms with E-state index >= 15 is 0 Å². The molecule has 0 atom stereocenters. The molecule has 5 heteroatoms. The summed E-state index contributed by atoms with van der Waals surface area (Å²) >= 11 is 0. The molecule has 1 aliphatic carbocycles. The van der Waals surface area contributed by atoms with Crippen LogP contribution >= 0.6 is 0 Å². The zero-order valence-corrected chi connectivity index (χ0v) is 10.8. The lowest BCUT2D eigenvalue weighted by Crippen LogP contribution is -2.14. The number of rotatable bonds is 2. The Morgan fingerprint density at radius 1 is 1.20 bits per heavy atom. The van der Waals surface area contributed by atoms with Gasteiger partial charge in [-0.3, -0.25) is 10.2 Å². The van der Waals surface area contributed by atoms with Crippen molar-refractivity contribution in [1.29, 1.82) is 0 Å². The smallest absolute Gasteiger partial charge is 0.437 e. The van der Waals surface area contributed by atoms with Crippen molar-refractivity contribution >= 4 is 17.5 Å². The van der Waals surface area contributed by atoms with Crippen molar-refractivity contribution in [1.82, 2.24) is 0 Å². The van der Waals surface area contributed by atoms with Crippen LogP contribution in [0, 0.1) is 0 Å². The molecule has 0 unspecified atom stereocenters. The number of aryl methyl sites for hydroxylation is 1. The number of hydrogen-bond donors (Lipinski definition) is 1. The lowest BCUT2D eigenvalue weighted by Gasteiger charge is -2.11. The van der Waals surface area contributed by atoms with Crippen LogP contribution in [0.3, 0.4) is 0 Å². The lowest BCUT2D eigenvalue weighted by molar-refractivity contribution is 0.166. The Morgan fingerprint density at radius 2 is 2.05 bits per heavy atom. The van der Waals surface area contributed by atoms with Crippen LogP contribution in [0.5, 0.6) is 0 Å². The molecule has 20 heavy (non-hydrogen) atoms. The van der Waals surface area contributed by atoms with Gasteiger partial charge in [0.2, 0.25) is 0 Å². The summed E-state index contributed by atoms with van der Waals surface area (Å²) in [6.45, 7) is 0. The van der Waals surface area contributed by atoms with Gasteiger partial charge in [-0.05, 0) is 31.0 Å². The van der Waals surface area contributed by atoms with Crippen LogP contribution in [-0.2, 0) is 11.3 Å². The fraction of sp³-hybridized carbons (Fsp3) is 0.200. The van der Waals surface area contributed by atoms with Crippen LogP contribution in [0.15, 0.2) is 52.2 Å². The normalized spacial score (nSPS) is 15.7. The van der Waals surface area contributed by atoms with Crippen molar-refractivity contribution < 1.29 is 14.0 Å². The van der Waals surface area contributed by atoms with Crippen LogP contribution < -0.4 is 5.32 Å². The van der Waals surface area contributed by atoms with Gasteiger partial charge in [0.25, 0.3) is 0 Å². The van der Waals surface area contributed by atoms with Crippen LogP contribution in [0.2, 0.25) is 0 Å². The maximum absolute atomic E-state index is 11.6. The molecule has 2 aromatic rings. The Kier molecular flexibility index (Phi) is 3.50. The van der Waals surface area contributed by atoms with E-state index in [1.54, 1.807) is 18.4 Å². The molecule has 0 spiro atoms. The van der Waals surface area contributed by atoms with Gasteiger partial charge in [0.15, 0.2) is 0 Å². The molecule has 3 rings (SSSR count). The zero-order valence-electron chi connectivity index (χ0n) is 10.8. The summed E-state index contributed by atoms with van der Waals surface area (Å²) in [6.07, 6.45) is 3.67. The van der Waals surface area contributed by atoms with E-state index in [2.05, 4.69) is 10.5 Å². The van der Waals surface area contributed by atoms with Gasteiger partial charge in [0.1, 0.15) is 5.76 Å². The summed E-state index contributed by atoms with van der Waals surface area (Å²) in [5.41, 5.74) is 2.36. The number of carbonyl (C=O) groups is 1. The average Bonchev–Trinajstić information content (AvgIpc) is 2.95. The number of para-hydroxylation sites is 1. The lowest BCUT2D eigenvalue weighted by atomic mass is 9.97. The first kappa shape index (κ1) is 12.5. The number of hydrogen-bond acceptors (Lipinski definition) is 4. The van der Waals surface area contributed by atoms with Gasteiger partial charge in [-0.2, -0.15) is 0 Å². The first-order chi connectivity index (χ1) is 9.83. The fourth-order valence-electron chi connectivity index (χ4n) is 2.20. The van der Waals surface area contributed by atoms with E-state index in [-0.39, 0.29) is 0 Å². The van der Waals surface area contributed by atoms with Crippen LogP contribution in [0.25, 0.3) is 0 Å². The Bertz CT molecular complexity index is 632. The highest BCUT2D eigenvalue weighted by atomic mass is 16.7. The van der Waals surface area contributed by atoms with E-state index in [0.717, 1.165) is 36.3 Å². The monoisotopic (exact) mass is 270 g/mol. The van der Waals surface area contributed by atoms with Crippen LogP contribution in [0.4, 0.5) is 10.5 Å². The topological polar surface area (TPSA) is 63.8 Å². The summed E-state index contributed by atoms with van der Waals surface area (Å²) in [5.74, 6) is 0.905. The molecule has 0 bridgehead atoms. The second-order valence-electron chi connectivity index (χ2n) is 4.52. The number of nitrogens with zero attached hydrogens (tertiary/aromatic N) is 1. The number of oxime groups is 1. The highest BCUT2D eigenvalue weighted by Crippen LogP contribution is 2.22. The van der Waals surface area contributed by atoms with Gasteiger partial charge >= 0.3 is 6.09 Å². The van der Waals surface area contributed by atoms with Crippen molar-refractivity contribution in [2.24, 2.45) is 5.16 Å². The SMILES string of the molecule is O=C(Nc1ccccc1)O/N=C1/CCCc2occc21. The molecule has 1 N–H and O–H groups in total. The summed E-state index contributed by atoms with van der Waals surface area (Å²) in [5, 5.41) is 6.55. The first-order valence-corrected chi connectivity index (χ1v) is 6.49. The van der Waals surface area contributed by atoms with Gasteiger partial charge in [-0.25, -0.2) is 4.79 Å². The number of benzene rings is 1. The molecule has 5 nitrogen and oxygen atoms in total. The number of carbonyl (C=O) groups excluding carboxylic acids is 1.